The van der Waals surface area contributed by atoms with Crippen molar-refractivity contribution >= 4 is 43.6 Å². The summed E-state index contributed by atoms with van der Waals surface area (Å²) < 4.78 is 4.57. The van der Waals surface area contributed by atoms with Crippen molar-refractivity contribution < 1.29 is 0 Å². The largest absolute Gasteiger partial charge is 0.309 e. The fraction of sp³-hybridized carbons (Fsp3) is 0. The van der Waals surface area contributed by atoms with Crippen LogP contribution in [0.25, 0.3) is 77.2 Å². The van der Waals surface area contributed by atoms with Crippen molar-refractivity contribution in [2.24, 2.45) is 0 Å². The number of rotatable bonds is 4. The lowest BCUT2D eigenvalue weighted by atomic mass is 9.95. The molecule has 0 amide bonds. The van der Waals surface area contributed by atoms with Crippen LogP contribution in [0.5, 0.6) is 0 Å². The van der Waals surface area contributed by atoms with E-state index >= 15 is 0 Å². The SMILES string of the molecule is N#Cc1ccc2c3ccccc3n(-c3cc(-c4cccc(-n5c6ccccc6c6ccccc65)c4)cc(-c4ccccc4C#N)c3)c2c1. The summed E-state index contributed by atoms with van der Waals surface area (Å²) in [6.45, 7) is 0. The molecule has 4 nitrogen and oxygen atoms in total. The average molecular weight is 611 g/mol. The van der Waals surface area contributed by atoms with Crippen LogP contribution < -0.4 is 0 Å². The fourth-order valence-corrected chi connectivity index (χ4v) is 7.24. The molecule has 0 radical (unpaired) electrons. The van der Waals surface area contributed by atoms with E-state index < -0.39 is 0 Å². The van der Waals surface area contributed by atoms with E-state index in [-0.39, 0.29) is 0 Å². The Morgan fingerprint density at radius 1 is 0.375 bits per heavy atom. The highest BCUT2D eigenvalue weighted by atomic mass is 15.0. The van der Waals surface area contributed by atoms with Gasteiger partial charge in [0.2, 0.25) is 0 Å². The molecule has 48 heavy (non-hydrogen) atoms. The van der Waals surface area contributed by atoms with Gasteiger partial charge in [0.1, 0.15) is 0 Å². The van der Waals surface area contributed by atoms with Gasteiger partial charge in [-0.25, -0.2) is 0 Å². The molecule has 9 rings (SSSR count). The van der Waals surface area contributed by atoms with Crippen molar-refractivity contribution in [3.05, 3.63) is 169 Å². The van der Waals surface area contributed by atoms with Crippen molar-refractivity contribution in [3.63, 3.8) is 0 Å². The van der Waals surface area contributed by atoms with E-state index in [1.807, 2.05) is 48.5 Å². The molecule has 0 spiro atoms. The fourth-order valence-electron chi connectivity index (χ4n) is 7.24. The van der Waals surface area contributed by atoms with Crippen LogP contribution >= 0.6 is 0 Å². The lowest BCUT2D eigenvalue weighted by molar-refractivity contribution is 1.17. The van der Waals surface area contributed by atoms with Gasteiger partial charge in [-0.3, -0.25) is 0 Å². The number of benzene rings is 7. The molecule has 0 fully saturated rings. The lowest BCUT2D eigenvalue weighted by Crippen LogP contribution is -1.98. The van der Waals surface area contributed by atoms with Gasteiger partial charge in [0.15, 0.2) is 0 Å². The monoisotopic (exact) mass is 610 g/mol. The van der Waals surface area contributed by atoms with Crippen molar-refractivity contribution in [3.8, 4) is 45.8 Å². The number of aromatic nitrogens is 2. The Hall–Kier alpha value is -6.88. The third-order valence-corrected chi connectivity index (χ3v) is 9.36. The van der Waals surface area contributed by atoms with Gasteiger partial charge in [0, 0.05) is 32.9 Å². The Balaban J connectivity index is 1.33. The molecule has 0 aliphatic heterocycles. The predicted octanol–water partition coefficient (Wildman–Crippen LogP) is 11.0. The number of para-hydroxylation sites is 3. The van der Waals surface area contributed by atoms with Gasteiger partial charge >= 0.3 is 0 Å². The zero-order valence-electron chi connectivity index (χ0n) is 25.8. The molecule has 9 aromatic rings. The third kappa shape index (κ3) is 4.22. The summed E-state index contributed by atoms with van der Waals surface area (Å²) in [5.41, 5.74) is 11.5. The van der Waals surface area contributed by atoms with E-state index in [1.54, 1.807) is 0 Å². The normalized spacial score (nSPS) is 11.3. The molecule has 7 aromatic carbocycles. The molecule has 0 saturated carbocycles. The quantitative estimate of drug-likeness (QED) is 0.199. The Labute approximate surface area is 277 Å². The number of nitriles is 2. The molecule has 0 N–H and O–H groups in total. The highest BCUT2D eigenvalue weighted by molar-refractivity contribution is 6.10. The van der Waals surface area contributed by atoms with Crippen LogP contribution in [0, 0.1) is 22.7 Å². The van der Waals surface area contributed by atoms with Gasteiger partial charge in [-0.1, -0.05) is 91.0 Å². The number of hydrogen-bond acceptors (Lipinski definition) is 2. The number of hydrogen-bond donors (Lipinski definition) is 0. The van der Waals surface area contributed by atoms with Crippen molar-refractivity contribution in [1.82, 2.24) is 9.13 Å². The van der Waals surface area contributed by atoms with Crippen molar-refractivity contribution in [2.45, 2.75) is 0 Å². The average Bonchev–Trinajstić information content (AvgIpc) is 3.67. The summed E-state index contributed by atoms with van der Waals surface area (Å²) in [7, 11) is 0. The highest BCUT2D eigenvalue weighted by Crippen LogP contribution is 2.38. The number of fused-ring (bicyclic) bond motifs is 6. The van der Waals surface area contributed by atoms with E-state index in [1.165, 1.54) is 10.8 Å². The molecule has 0 unspecified atom stereocenters. The molecule has 0 saturated heterocycles. The first kappa shape index (κ1) is 27.4. The summed E-state index contributed by atoms with van der Waals surface area (Å²) >= 11 is 0. The minimum Gasteiger partial charge on any atom is -0.309 e. The highest BCUT2D eigenvalue weighted by Gasteiger charge is 2.17. The smallest absolute Gasteiger partial charge is 0.0998 e. The van der Waals surface area contributed by atoms with E-state index in [0.29, 0.717) is 11.1 Å². The van der Waals surface area contributed by atoms with Crippen LogP contribution in [-0.2, 0) is 0 Å². The Kier molecular flexibility index (Phi) is 6.22. The van der Waals surface area contributed by atoms with E-state index in [2.05, 4.69) is 130 Å². The van der Waals surface area contributed by atoms with Crippen LogP contribution in [0.2, 0.25) is 0 Å². The zero-order valence-corrected chi connectivity index (χ0v) is 25.8. The van der Waals surface area contributed by atoms with E-state index in [0.717, 1.165) is 66.5 Å². The second-order valence-corrected chi connectivity index (χ2v) is 12.0. The molecular formula is C44H26N4. The van der Waals surface area contributed by atoms with Crippen molar-refractivity contribution in [2.75, 3.05) is 0 Å². The van der Waals surface area contributed by atoms with Crippen LogP contribution in [0.15, 0.2) is 158 Å². The van der Waals surface area contributed by atoms with Crippen LogP contribution in [0.3, 0.4) is 0 Å². The molecule has 0 aliphatic rings. The minimum atomic E-state index is 0.608. The standard InChI is InChI=1S/C44H26N4/c45-27-29-20-21-40-39-16-5-8-19-43(39)48(44(40)22-29)35-25-32(23-33(26-35)36-13-2-1-10-31(36)28-46)30-11-9-12-34(24-30)47-41-17-6-3-14-37(41)38-15-4-7-18-42(38)47/h1-26H. The summed E-state index contributed by atoms with van der Waals surface area (Å²) in [5.74, 6) is 0. The molecule has 0 atom stereocenters. The van der Waals surface area contributed by atoms with Crippen molar-refractivity contribution in [1.29, 1.82) is 10.5 Å². The maximum Gasteiger partial charge on any atom is 0.0998 e. The van der Waals surface area contributed by atoms with Gasteiger partial charge in [-0.15, -0.1) is 0 Å². The van der Waals surface area contributed by atoms with Crippen LogP contribution in [-0.4, -0.2) is 9.13 Å². The second-order valence-electron chi connectivity index (χ2n) is 12.0. The first-order valence-corrected chi connectivity index (χ1v) is 15.9. The molecule has 4 heteroatoms. The Morgan fingerprint density at radius 3 is 1.60 bits per heavy atom. The summed E-state index contributed by atoms with van der Waals surface area (Å²) in [5, 5.41) is 24.6. The van der Waals surface area contributed by atoms with Gasteiger partial charge in [-0.2, -0.15) is 10.5 Å². The summed E-state index contributed by atoms with van der Waals surface area (Å²) in [6.07, 6.45) is 0. The first-order chi connectivity index (χ1) is 23.7. The van der Waals surface area contributed by atoms with E-state index in [4.69, 9.17) is 0 Å². The molecule has 0 bridgehead atoms. The summed E-state index contributed by atoms with van der Waals surface area (Å²) in [6, 6.07) is 59.0. The number of nitrogens with zero attached hydrogens (tertiary/aromatic N) is 4. The Morgan fingerprint density at radius 2 is 0.938 bits per heavy atom. The molecule has 2 aromatic heterocycles. The first-order valence-electron chi connectivity index (χ1n) is 15.9. The Bertz CT molecular complexity index is 2760. The minimum absolute atomic E-state index is 0.608. The second kappa shape index (κ2) is 10.9. The summed E-state index contributed by atoms with van der Waals surface area (Å²) in [4.78, 5) is 0. The van der Waals surface area contributed by atoms with E-state index in [9.17, 15) is 10.5 Å². The van der Waals surface area contributed by atoms with Gasteiger partial charge in [-0.05, 0) is 89.0 Å². The maximum atomic E-state index is 10.1. The zero-order chi connectivity index (χ0) is 32.2. The van der Waals surface area contributed by atoms with Gasteiger partial charge < -0.3 is 9.13 Å². The topological polar surface area (TPSA) is 57.4 Å². The molecular weight excluding hydrogens is 585 g/mol. The lowest BCUT2D eigenvalue weighted by Gasteiger charge is -2.16. The van der Waals surface area contributed by atoms with Gasteiger partial charge in [0.05, 0.1) is 45.3 Å². The maximum absolute atomic E-state index is 10.1. The van der Waals surface area contributed by atoms with Crippen LogP contribution in [0.1, 0.15) is 11.1 Å². The molecule has 2 heterocycles. The van der Waals surface area contributed by atoms with Gasteiger partial charge in [0.25, 0.3) is 0 Å². The molecule has 0 aliphatic carbocycles. The van der Waals surface area contributed by atoms with Crippen LogP contribution in [0.4, 0.5) is 0 Å². The molecule has 222 valence electrons. The third-order valence-electron chi connectivity index (χ3n) is 9.36. The predicted molar refractivity (Wildman–Crippen MR) is 195 cm³/mol.